The average Bonchev–Trinajstić information content (AvgIpc) is 2.31. The molecule has 3 nitrogen and oxygen atoms in total. The SMILES string of the molecule is CCCCOCCNCCN1CC(C)CC(C)C1. The number of hydrogen-bond donors (Lipinski definition) is 1. The van der Waals surface area contributed by atoms with Gasteiger partial charge in [0.2, 0.25) is 0 Å². The lowest BCUT2D eigenvalue weighted by Crippen LogP contribution is -2.42. The van der Waals surface area contributed by atoms with Crippen LogP contribution in [0, 0.1) is 11.8 Å². The molecule has 1 aliphatic heterocycles. The van der Waals surface area contributed by atoms with E-state index in [0.717, 1.165) is 38.1 Å². The molecule has 2 unspecified atom stereocenters. The number of ether oxygens (including phenoxy) is 1. The number of nitrogens with one attached hydrogen (secondary N) is 1. The van der Waals surface area contributed by atoms with Crippen molar-refractivity contribution in [2.45, 2.75) is 40.0 Å². The van der Waals surface area contributed by atoms with Crippen molar-refractivity contribution in [3.8, 4) is 0 Å². The minimum atomic E-state index is 0.854. The van der Waals surface area contributed by atoms with Gasteiger partial charge >= 0.3 is 0 Å². The monoisotopic (exact) mass is 256 g/mol. The van der Waals surface area contributed by atoms with E-state index < -0.39 is 0 Å². The summed E-state index contributed by atoms with van der Waals surface area (Å²) < 4.78 is 5.52. The highest BCUT2D eigenvalue weighted by molar-refractivity contribution is 4.74. The lowest BCUT2D eigenvalue weighted by atomic mass is 9.92. The molecule has 1 rings (SSSR count). The largest absolute Gasteiger partial charge is 0.380 e. The molecule has 0 aromatic heterocycles. The molecule has 1 N–H and O–H groups in total. The molecule has 3 heteroatoms. The number of unbranched alkanes of at least 4 members (excludes halogenated alkanes) is 1. The molecule has 0 aliphatic carbocycles. The van der Waals surface area contributed by atoms with Gasteiger partial charge in [-0.15, -0.1) is 0 Å². The van der Waals surface area contributed by atoms with Crippen LogP contribution in [-0.2, 0) is 4.74 Å². The van der Waals surface area contributed by atoms with Gasteiger partial charge in [-0.3, -0.25) is 0 Å². The fourth-order valence-electron chi connectivity index (χ4n) is 2.83. The topological polar surface area (TPSA) is 24.5 Å². The van der Waals surface area contributed by atoms with Crippen molar-refractivity contribution in [2.75, 3.05) is 45.9 Å². The predicted octanol–water partition coefficient (Wildman–Crippen LogP) is 2.37. The molecule has 1 saturated heterocycles. The minimum Gasteiger partial charge on any atom is -0.380 e. The Morgan fingerprint density at radius 3 is 2.50 bits per heavy atom. The molecular formula is C15H32N2O. The van der Waals surface area contributed by atoms with Crippen molar-refractivity contribution in [2.24, 2.45) is 11.8 Å². The standard InChI is InChI=1S/C15H32N2O/c1-4-5-9-18-10-7-16-6-8-17-12-14(2)11-15(3)13-17/h14-16H,4-13H2,1-3H3. The summed E-state index contributed by atoms with van der Waals surface area (Å²) in [4.78, 5) is 2.60. The Kier molecular flexibility index (Phi) is 8.64. The fourth-order valence-corrected chi connectivity index (χ4v) is 2.83. The van der Waals surface area contributed by atoms with E-state index in [9.17, 15) is 0 Å². The molecule has 0 amide bonds. The number of likely N-dealkylation sites (tertiary alicyclic amines) is 1. The van der Waals surface area contributed by atoms with Crippen LogP contribution in [0.25, 0.3) is 0 Å². The van der Waals surface area contributed by atoms with E-state index in [2.05, 4.69) is 31.0 Å². The lowest BCUT2D eigenvalue weighted by molar-refractivity contribution is 0.126. The zero-order chi connectivity index (χ0) is 13.2. The fraction of sp³-hybridized carbons (Fsp3) is 1.00. The van der Waals surface area contributed by atoms with E-state index in [-0.39, 0.29) is 0 Å². The maximum atomic E-state index is 5.52. The normalized spacial score (nSPS) is 25.5. The molecule has 1 heterocycles. The molecule has 1 fully saturated rings. The second-order valence-electron chi connectivity index (χ2n) is 5.92. The van der Waals surface area contributed by atoms with Crippen LogP contribution in [-0.4, -0.2) is 50.8 Å². The number of piperidine rings is 1. The third-order valence-corrected chi connectivity index (χ3v) is 3.61. The summed E-state index contributed by atoms with van der Waals surface area (Å²) in [5.74, 6) is 1.73. The van der Waals surface area contributed by atoms with Crippen LogP contribution >= 0.6 is 0 Å². The van der Waals surface area contributed by atoms with E-state index in [4.69, 9.17) is 4.74 Å². The van der Waals surface area contributed by atoms with Gasteiger partial charge in [-0.2, -0.15) is 0 Å². The van der Waals surface area contributed by atoms with Crippen LogP contribution in [0.1, 0.15) is 40.0 Å². The van der Waals surface area contributed by atoms with Gasteiger partial charge in [0.25, 0.3) is 0 Å². The molecule has 0 saturated carbocycles. The second kappa shape index (κ2) is 9.76. The summed E-state index contributed by atoms with van der Waals surface area (Å²) in [5, 5.41) is 3.47. The molecule has 2 atom stereocenters. The van der Waals surface area contributed by atoms with Gasteiger partial charge in [-0.25, -0.2) is 0 Å². The third kappa shape index (κ3) is 7.34. The molecular weight excluding hydrogens is 224 g/mol. The Hall–Kier alpha value is -0.120. The first-order chi connectivity index (χ1) is 8.72. The Labute approximate surface area is 113 Å². The van der Waals surface area contributed by atoms with Gasteiger partial charge in [0.05, 0.1) is 6.61 Å². The number of nitrogens with zero attached hydrogens (tertiary/aromatic N) is 1. The Morgan fingerprint density at radius 2 is 1.83 bits per heavy atom. The molecule has 0 aromatic carbocycles. The zero-order valence-corrected chi connectivity index (χ0v) is 12.6. The maximum absolute atomic E-state index is 5.52. The molecule has 0 radical (unpaired) electrons. The van der Waals surface area contributed by atoms with E-state index in [1.54, 1.807) is 0 Å². The summed E-state index contributed by atoms with van der Waals surface area (Å²) in [5.41, 5.74) is 0. The van der Waals surface area contributed by atoms with Gasteiger partial charge < -0.3 is 15.0 Å². The first-order valence-electron chi connectivity index (χ1n) is 7.73. The smallest absolute Gasteiger partial charge is 0.0590 e. The second-order valence-corrected chi connectivity index (χ2v) is 5.92. The van der Waals surface area contributed by atoms with Crippen molar-refractivity contribution in [1.29, 1.82) is 0 Å². The summed E-state index contributed by atoms with van der Waals surface area (Å²) >= 11 is 0. The summed E-state index contributed by atoms with van der Waals surface area (Å²) in [6, 6.07) is 0. The lowest BCUT2D eigenvalue weighted by Gasteiger charge is -2.34. The first-order valence-corrected chi connectivity index (χ1v) is 7.73. The van der Waals surface area contributed by atoms with Crippen LogP contribution in [0.5, 0.6) is 0 Å². The van der Waals surface area contributed by atoms with Gasteiger partial charge in [0.15, 0.2) is 0 Å². The van der Waals surface area contributed by atoms with E-state index in [1.165, 1.54) is 38.9 Å². The van der Waals surface area contributed by atoms with E-state index >= 15 is 0 Å². The Balaban J connectivity index is 1.91. The summed E-state index contributed by atoms with van der Waals surface area (Å²) in [7, 11) is 0. The first kappa shape index (κ1) is 15.9. The molecule has 1 aliphatic rings. The molecule has 0 aromatic rings. The molecule has 108 valence electrons. The summed E-state index contributed by atoms with van der Waals surface area (Å²) in [6.07, 6.45) is 3.80. The van der Waals surface area contributed by atoms with Gasteiger partial charge in [-0.05, 0) is 24.7 Å². The average molecular weight is 256 g/mol. The van der Waals surface area contributed by atoms with Crippen molar-refractivity contribution in [3.63, 3.8) is 0 Å². The van der Waals surface area contributed by atoms with Gasteiger partial charge in [-0.1, -0.05) is 27.2 Å². The van der Waals surface area contributed by atoms with Gasteiger partial charge in [0.1, 0.15) is 0 Å². The van der Waals surface area contributed by atoms with Crippen LogP contribution in [0.2, 0.25) is 0 Å². The molecule has 0 spiro atoms. The quantitative estimate of drug-likeness (QED) is 0.641. The van der Waals surface area contributed by atoms with Crippen molar-refractivity contribution in [1.82, 2.24) is 10.2 Å². The van der Waals surface area contributed by atoms with Crippen LogP contribution in [0.4, 0.5) is 0 Å². The summed E-state index contributed by atoms with van der Waals surface area (Å²) in [6.45, 7) is 14.5. The Bertz CT molecular complexity index is 189. The highest BCUT2D eigenvalue weighted by atomic mass is 16.5. The van der Waals surface area contributed by atoms with Gasteiger partial charge in [0, 0.05) is 39.3 Å². The number of rotatable bonds is 9. The number of hydrogen-bond acceptors (Lipinski definition) is 3. The van der Waals surface area contributed by atoms with Crippen LogP contribution in [0.3, 0.4) is 0 Å². The minimum absolute atomic E-state index is 0.854. The Morgan fingerprint density at radius 1 is 1.11 bits per heavy atom. The highest BCUT2D eigenvalue weighted by Gasteiger charge is 2.20. The van der Waals surface area contributed by atoms with Crippen LogP contribution < -0.4 is 5.32 Å². The zero-order valence-electron chi connectivity index (χ0n) is 12.6. The van der Waals surface area contributed by atoms with E-state index in [0.29, 0.717) is 0 Å². The highest BCUT2D eigenvalue weighted by Crippen LogP contribution is 2.20. The van der Waals surface area contributed by atoms with E-state index in [1.807, 2.05) is 0 Å². The molecule has 18 heavy (non-hydrogen) atoms. The molecule has 0 bridgehead atoms. The van der Waals surface area contributed by atoms with Crippen LogP contribution in [0.15, 0.2) is 0 Å². The van der Waals surface area contributed by atoms with Crippen molar-refractivity contribution in [3.05, 3.63) is 0 Å². The maximum Gasteiger partial charge on any atom is 0.0590 e. The third-order valence-electron chi connectivity index (χ3n) is 3.61. The van der Waals surface area contributed by atoms with Crippen molar-refractivity contribution < 1.29 is 4.74 Å². The predicted molar refractivity (Wildman–Crippen MR) is 78.0 cm³/mol. The van der Waals surface area contributed by atoms with Crippen molar-refractivity contribution >= 4 is 0 Å².